The van der Waals surface area contributed by atoms with Crippen molar-refractivity contribution in [1.82, 2.24) is 10.2 Å². The molecule has 2 aliphatic rings. The summed E-state index contributed by atoms with van der Waals surface area (Å²) in [6.07, 6.45) is 2.06. The van der Waals surface area contributed by atoms with E-state index in [1.54, 1.807) is 31.4 Å². The Morgan fingerprint density at radius 2 is 1.83 bits per heavy atom. The van der Waals surface area contributed by atoms with E-state index in [1.165, 1.54) is 0 Å². The van der Waals surface area contributed by atoms with Crippen molar-refractivity contribution < 1.29 is 28.9 Å². The van der Waals surface area contributed by atoms with Gasteiger partial charge in [0, 0.05) is 32.4 Å². The third-order valence-electron chi connectivity index (χ3n) is 6.84. The Balaban J connectivity index is 0.00000342. The van der Waals surface area contributed by atoms with Crippen LogP contribution < -0.4 is 14.8 Å². The normalized spacial score (nSPS) is 20.3. The number of carboxylic acid groups (broad SMARTS) is 1. The number of hydrogen-bond donors (Lipinski definition) is 2. The predicted molar refractivity (Wildman–Crippen MR) is 134 cm³/mol. The molecule has 2 N–H and O–H groups in total. The van der Waals surface area contributed by atoms with Crippen LogP contribution in [-0.2, 0) is 9.53 Å². The molecule has 190 valence electrons. The predicted octanol–water partition coefficient (Wildman–Crippen LogP) is 3.69. The van der Waals surface area contributed by atoms with Crippen LogP contribution in [0.4, 0.5) is 0 Å². The fourth-order valence-electron chi connectivity index (χ4n) is 4.80. The second-order valence-corrected chi connectivity index (χ2v) is 8.92. The number of benzene rings is 2. The third-order valence-corrected chi connectivity index (χ3v) is 6.84. The molecule has 2 fully saturated rings. The zero-order valence-electron chi connectivity index (χ0n) is 20.1. The number of nitrogens with one attached hydrogen (secondary N) is 1. The summed E-state index contributed by atoms with van der Waals surface area (Å²) >= 11 is 0. The Morgan fingerprint density at radius 1 is 1.14 bits per heavy atom. The number of carbonyl (C=O) groups excluding carboxylic acids is 1. The molecule has 0 aliphatic carbocycles. The van der Waals surface area contributed by atoms with Gasteiger partial charge >= 0.3 is 5.97 Å². The number of hydrogen-bond acceptors (Lipinski definition) is 6. The molecule has 8 nitrogen and oxygen atoms in total. The lowest BCUT2D eigenvalue weighted by Crippen LogP contribution is -2.61. The Bertz CT molecular complexity index is 1010. The van der Waals surface area contributed by atoms with Crippen molar-refractivity contribution >= 4 is 24.3 Å². The van der Waals surface area contributed by atoms with Crippen LogP contribution in [0, 0.1) is 0 Å². The van der Waals surface area contributed by atoms with E-state index in [2.05, 4.69) is 10.2 Å². The highest BCUT2D eigenvalue weighted by molar-refractivity contribution is 5.88. The number of nitrogens with zero attached hydrogens (tertiary/aromatic N) is 1. The molecule has 1 amide bonds. The van der Waals surface area contributed by atoms with Crippen molar-refractivity contribution in [3.05, 3.63) is 59.7 Å². The van der Waals surface area contributed by atoms with E-state index in [-0.39, 0.29) is 36.0 Å². The number of ether oxygens (including phenoxy) is 3. The van der Waals surface area contributed by atoms with Crippen molar-refractivity contribution in [2.45, 2.75) is 43.9 Å². The third kappa shape index (κ3) is 6.07. The van der Waals surface area contributed by atoms with E-state index in [4.69, 9.17) is 19.3 Å². The molecule has 2 atom stereocenters. The van der Waals surface area contributed by atoms with Crippen molar-refractivity contribution in [1.29, 1.82) is 0 Å². The lowest BCUT2D eigenvalue weighted by molar-refractivity contribution is -0.140. The van der Waals surface area contributed by atoms with Gasteiger partial charge in [-0.15, -0.1) is 12.4 Å². The minimum Gasteiger partial charge on any atom is -0.497 e. The fourth-order valence-corrected chi connectivity index (χ4v) is 4.80. The molecule has 2 heterocycles. The van der Waals surface area contributed by atoms with Crippen LogP contribution >= 0.6 is 12.4 Å². The van der Waals surface area contributed by atoms with Gasteiger partial charge in [0.15, 0.2) is 0 Å². The number of halogens is 1. The van der Waals surface area contributed by atoms with Gasteiger partial charge in [-0.3, -0.25) is 9.69 Å². The minimum absolute atomic E-state index is 0. The van der Waals surface area contributed by atoms with E-state index in [9.17, 15) is 9.59 Å². The number of carbonyl (C=O) groups is 2. The molecular weight excluding hydrogens is 472 g/mol. The fraction of sp³-hybridized carbons (Fsp3) is 0.462. The molecule has 4 rings (SSSR count). The van der Waals surface area contributed by atoms with Crippen molar-refractivity contribution in [3.8, 4) is 11.5 Å². The number of methoxy groups -OCH3 is 1. The maximum absolute atomic E-state index is 13.7. The van der Waals surface area contributed by atoms with E-state index < -0.39 is 11.5 Å². The molecular formula is C26H33ClN2O6. The van der Waals surface area contributed by atoms with E-state index in [1.807, 2.05) is 31.2 Å². The largest absolute Gasteiger partial charge is 0.497 e. The first kappa shape index (κ1) is 26.8. The van der Waals surface area contributed by atoms with Crippen LogP contribution in [0.2, 0.25) is 0 Å². The minimum atomic E-state index is -0.968. The van der Waals surface area contributed by atoms with Crippen LogP contribution in [-0.4, -0.2) is 66.9 Å². The number of amides is 1. The Hall–Kier alpha value is -2.81. The summed E-state index contributed by atoms with van der Waals surface area (Å²) in [7, 11) is 1.63. The maximum Gasteiger partial charge on any atom is 0.335 e. The molecule has 0 bridgehead atoms. The van der Waals surface area contributed by atoms with Gasteiger partial charge in [0.1, 0.15) is 23.1 Å². The first-order valence-corrected chi connectivity index (χ1v) is 11.7. The Labute approximate surface area is 212 Å². The second kappa shape index (κ2) is 11.7. The number of aromatic carboxylic acids is 1. The summed E-state index contributed by atoms with van der Waals surface area (Å²) in [5.74, 6) is 0.518. The highest BCUT2D eigenvalue weighted by Crippen LogP contribution is 2.34. The van der Waals surface area contributed by atoms with Gasteiger partial charge in [-0.2, -0.15) is 0 Å². The molecule has 0 aromatic heterocycles. The van der Waals surface area contributed by atoms with Gasteiger partial charge in [0.05, 0.1) is 18.7 Å². The van der Waals surface area contributed by atoms with Crippen LogP contribution in [0.1, 0.15) is 48.1 Å². The molecule has 0 radical (unpaired) electrons. The van der Waals surface area contributed by atoms with Crippen LogP contribution in [0.5, 0.6) is 11.5 Å². The second-order valence-electron chi connectivity index (χ2n) is 8.92. The quantitative estimate of drug-likeness (QED) is 0.565. The van der Waals surface area contributed by atoms with Gasteiger partial charge in [0.2, 0.25) is 5.91 Å². The highest BCUT2D eigenvalue weighted by atomic mass is 35.5. The van der Waals surface area contributed by atoms with Gasteiger partial charge < -0.3 is 24.6 Å². The van der Waals surface area contributed by atoms with Gasteiger partial charge in [-0.25, -0.2) is 4.79 Å². The molecule has 0 unspecified atom stereocenters. The maximum atomic E-state index is 13.7. The molecule has 2 aliphatic heterocycles. The average Bonchev–Trinajstić information content (AvgIpc) is 3.33. The lowest BCUT2D eigenvalue weighted by atomic mass is 9.86. The number of likely N-dealkylation sites (tertiary alicyclic amines) is 1. The SMILES string of the molecule is COc1cccc(O[C@@H]2CCN(C3(C(=O)N[C@@H](C)c4ccc(C(=O)O)cc4)CCOCC3)C2)c1.Cl. The highest BCUT2D eigenvalue weighted by Gasteiger charge is 2.48. The zero-order valence-corrected chi connectivity index (χ0v) is 20.9. The first-order chi connectivity index (χ1) is 16.4. The molecule has 0 spiro atoms. The topological polar surface area (TPSA) is 97.3 Å². The van der Waals surface area contributed by atoms with Crippen LogP contribution in [0.15, 0.2) is 48.5 Å². The lowest BCUT2D eigenvalue weighted by Gasteiger charge is -2.43. The number of rotatable bonds is 8. The molecule has 2 saturated heterocycles. The van der Waals surface area contributed by atoms with Crippen LogP contribution in [0.3, 0.4) is 0 Å². The zero-order chi connectivity index (χ0) is 24.1. The van der Waals surface area contributed by atoms with E-state index in [0.717, 1.165) is 30.0 Å². The number of carboxylic acids is 1. The monoisotopic (exact) mass is 504 g/mol. The summed E-state index contributed by atoms with van der Waals surface area (Å²) in [6.45, 7) is 4.41. The molecule has 9 heteroatoms. The first-order valence-electron chi connectivity index (χ1n) is 11.7. The van der Waals surface area contributed by atoms with Gasteiger partial charge in [-0.05, 0) is 56.0 Å². The van der Waals surface area contributed by atoms with E-state index in [0.29, 0.717) is 32.6 Å². The summed E-state index contributed by atoms with van der Waals surface area (Å²) < 4.78 is 17.1. The molecule has 35 heavy (non-hydrogen) atoms. The Kier molecular flexibility index (Phi) is 8.99. The summed E-state index contributed by atoms with van der Waals surface area (Å²) in [5.41, 5.74) is 0.434. The van der Waals surface area contributed by atoms with Gasteiger partial charge in [0.25, 0.3) is 0 Å². The van der Waals surface area contributed by atoms with Gasteiger partial charge in [-0.1, -0.05) is 18.2 Å². The molecule has 0 saturated carbocycles. The van der Waals surface area contributed by atoms with Crippen molar-refractivity contribution in [2.75, 3.05) is 33.4 Å². The van der Waals surface area contributed by atoms with Crippen molar-refractivity contribution in [3.63, 3.8) is 0 Å². The van der Waals surface area contributed by atoms with E-state index >= 15 is 0 Å². The average molecular weight is 505 g/mol. The summed E-state index contributed by atoms with van der Waals surface area (Å²) in [5, 5.41) is 12.3. The van der Waals surface area contributed by atoms with Crippen molar-refractivity contribution in [2.24, 2.45) is 0 Å². The van der Waals surface area contributed by atoms with Crippen LogP contribution in [0.25, 0.3) is 0 Å². The molecule has 2 aromatic rings. The summed E-state index contributed by atoms with van der Waals surface area (Å²) in [4.78, 5) is 27.0. The Morgan fingerprint density at radius 3 is 2.49 bits per heavy atom. The smallest absolute Gasteiger partial charge is 0.335 e. The summed E-state index contributed by atoms with van der Waals surface area (Å²) in [6, 6.07) is 13.9. The molecule has 2 aromatic carbocycles. The standard InChI is InChI=1S/C26H32N2O6.ClH/c1-18(19-6-8-20(9-7-19)24(29)30)27-25(31)26(11-14-33-15-12-26)28-13-10-23(17-28)34-22-5-3-4-21(16-22)32-2;/h3-9,16,18,23H,10-15,17H2,1-2H3,(H,27,31)(H,29,30);1H/t18-,23+;/m0./s1.